The van der Waals surface area contributed by atoms with E-state index in [2.05, 4.69) is 0 Å². The predicted octanol–water partition coefficient (Wildman–Crippen LogP) is 3.82. The zero-order valence-corrected chi connectivity index (χ0v) is 10.6. The molecular weight excluding hydrogens is 231 g/mol. The van der Waals surface area contributed by atoms with Crippen LogP contribution in [-0.4, -0.2) is 12.2 Å². The average Bonchev–Trinajstić information content (AvgIpc) is 2.33. The lowest BCUT2D eigenvalue weighted by atomic mass is 9.98. The van der Waals surface area contributed by atoms with Crippen LogP contribution >= 0.6 is 0 Å². The van der Waals surface area contributed by atoms with Gasteiger partial charge >= 0.3 is 0 Å². The van der Waals surface area contributed by atoms with Crippen LogP contribution in [0.25, 0.3) is 11.1 Å². The Bertz CT molecular complexity index is 591. The molecule has 2 rings (SSSR count). The molecule has 0 radical (unpaired) electrons. The number of aryl methyl sites for hydroxylation is 1. The molecule has 0 fully saturated rings. The Morgan fingerprint density at radius 2 is 1.72 bits per heavy atom. The molecule has 0 aliphatic heterocycles. The molecule has 0 unspecified atom stereocenters. The number of phenols is 1. The monoisotopic (exact) mass is 246 g/mol. The first-order chi connectivity index (χ1) is 8.54. The first-order valence-corrected chi connectivity index (χ1v) is 5.67. The molecular formula is C15H15FO2. The van der Waals surface area contributed by atoms with Crippen molar-refractivity contribution < 1.29 is 14.2 Å². The number of hydrogen-bond donors (Lipinski definition) is 1. The highest BCUT2D eigenvalue weighted by Gasteiger charge is 2.14. The average molecular weight is 246 g/mol. The van der Waals surface area contributed by atoms with Crippen LogP contribution in [0.1, 0.15) is 11.1 Å². The molecule has 0 spiro atoms. The highest BCUT2D eigenvalue weighted by molar-refractivity contribution is 5.74. The van der Waals surface area contributed by atoms with E-state index in [0.29, 0.717) is 16.9 Å². The quantitative estimate of drug-likeness (QED) is 0.872. The largest absolute Gasteiger partial charge is 0.508 e. The van der Waals surface area contributed by atoms with Crippen molar-refractivity contribution in [1.29, 1.82) is 0 Å². The second-order valence-corrected chi connectivity index (χ2v) is 4.25. The number of methoxy groups -OCH3 is 1. The number of phenolic OH excluding ortho intramolecular Hbond substituents is 1. The Balaban J connectivity index is 2.67. The van der Waals surface area contributed by atoms with Gasteiger partial charge in [-0.2, -0.15) is 0 Å². The maximum absolute atomic E-state index is 13.9. The third-order valence-electron chi connectivity index (χ3n) is 3.12. The fourth-order valence-corrected chi connectivity index (χ4v) is 1.99. The smallest absolute Gasteiger partial charge is 0.134 e. The van der Waals surface area contributed by atoms with Gasteiger partial charge in [0.05, 0.1) is 7.11 Å². The second-order valence-electron chi connectivity index (χ2n) is 4.25. The Hall–Kier alpha value is -2.03. The van der Waals surface area contributed by atoms with Crippen molar-refractivity contribution in [2.75, 3.05) is 7.11 Å². The van der Waals surface area contributed by atoms with E-state index < -0.39 is 5.82 Å². The minimum absolute atomic E-state index is 0.0842. The molecule has 0 bridgehead atoms. The van der Waals surface area contributed by atoms with Crippen molar-refractivity contribution in [3.8, 4) is 22.6 Å². The van der Waals surface area contributed by atoms with Gasteiger partial charge in [0.1, 0.15) is 17.3 Å². The third-order valence-corrected chi connectivity index (χ3v) is 3.12. The summed E-state index contributed by atoms with van der Waals surface area (Å²) in [5.74, 6) is 0.121. The molecule has 1 N–H and O–H groups in total. The van der Waals surface area contributed by atoms with E-state index in [9.17, 15) is 9.50 Å². The molecule has 0 saturated heterocycles. The highest BCUT2D eigenvalue weighted by atomic mass is 19.1. The molecule has 0 atom stereocenters. The lowest BCUT2D eigenvalue weighted by molar-refractivity contribution is 0.412. The molecule has 18 heavy (non-hydrogen) atoms. The summed E-state index contributed by atoms with van der Waals surface area (Å²) in [6.07, 6.45) is 0. The number of halogens is 1. The summed E-state index contributed by atoms with van der Waals surface area (Å²) >= 11 is 0. The van der Waals surface area contributed by atoms with Crippen LogP contribution in [0.2, 0.25) is 0 Å². The molecule has 2 aromatic rings. The molecule has 0 aliphatic carbocycles. The van der Waals surface area contributed by atoms with Gasteiger partial charge in [-0.25, -0.2) is 4.39 Å². The molecule has 94 valence electrons. The van der Waals surface area contributed by atoms with Gasteiger partial charge in [0.2, 0.25) is 0 Å². The lowest BCUT2D eigenvalue weighted by Crippen LogP contribution is -1.95. The van der Waals surface area contributed by atoms with Crippen LogP contribution in [0.3, 0.4) is 0 Å². The predicted molar refractivity (Wildman–Crippen MR) is 69.5 cm³/mol. The van der Waals surface area contributed by atoms with E-state index >= 15 is 0 Å². The maximum atomic E-state index is 13.9. The van der Waals surface area contributed by atoms with Crippen molar-refractivity contribution in [1.82, 2.24) is 0 Å². The molecule has 2 aromatic carbocycles. The van der Waals surface area contributed by atoms with Gasteiger partial charge in [-0.05, 0) is 37.1 Å². The number of aromatic hydroxyl groups is 1. The lowest BCUT2D eigenvalue weighted by Gasteiger charge is -2.14. The van der Waals surface area contributed by atoms with Gasteiger partial charge in [0.25, 0.3) is 0 Å². The normalized spacial score (nSPS) is 10.4. The van der Waals surface area contributed by atoms with Gasteiger partial charge in [-0.3, -0.25) is 0 Å². The first-order valence-electron chi connectivity index (χ1n) is 5.67. The first kappa shape index (κ1) is 12.4. The zero-order valence-electron chi connectivity index (χ0n) is 10.6. The molecule has 0 saturated carbocycles. The summed E-state index contributed by atoms with van der Waals surface area (Å²) in [5, 5.41) is 9.24. The fourth-order valence-electron chi connectivity index (χ4n) is 1.99. The minimum Gasteiger partial charge on any atom is -0.508 e. The van der Waals surface area contributed by atoms with E-state index in [1.807, 2.05) is 26.0 Å². The SMILES string of the molecule is COc1c(-c2ccc(O)cc2F)ccc(C)c1C. The van der Waals surface area contributed by atoms with Crippen LogP contribution in [0.4, 0.5) is 4.39 Å². The van der Waals surface area contributed by atoms with Crippen molar-refractivity contribution in [2.24, 2.45) is 0 Å². The summed E-state index contributed by atoms with van der Waals surface area (Å²) < 4.78 is 19.2. The van der Waals surface area contributed by atoms with Crippen LogP contribution in [0.5, 0.6) is 11.5 Å². The standard InChI is InChI=1S/C15H15FO2/c1-9-4-6-13(15(18-3)10(9)2)12-7-5-11(17)8-14(12)16/h4-8,17H,1-3H3. The molecule has 3 heteroatoms. The third kappa shape index (κ3) is 2.04. The summed E-state index contributed by atoms with van der Waals surface area (Å²) in [6.45, 7) is 3.92. The van der Waals surface area contributed by atoms with Crippen LogP contribution in [0, 0.1) is 19.7 Å². The topological polar surface area (TPSA) is 29.5 Å². The van der Waals surface area contributed by atoms with Gasteiger partial charge < -0.3 is 9.84 Å². The van der Waals surface area contributed by atoms with Crippen molar-refractivity contribution in [2.45, 2.75) is 13.8 Å². The fraction of sp³-hybridized carbons (Fsp3) is 0.200. The van der Waals surface area contributed by atoms with E-state index in [1.165, 1.54) is 6.07 Å². The van der Waals surface area contributed by atoms with Crippen molar-refractivity contribution >= 4 is 0 Å². The molecule has 0 aromatic heterocycles. The van der Waals surface area contributed by atoms with Gasteiger partial charge in [-0.1, -0.05) is 12.1 Å². The number of hydrogen-bond acceptors (Lipinski definition) is 2. The Labute approximate surface area is 106 Å². The van der Waals surface area contributed by atoms with Gasteiger partial charge in [-0.15, -0.1) is 0 Å². The van der Waals surface area contributed by atoms with E-state index in [1.54, 1.807) is 13.2 Å². The molecule has 0 amide bonds. The van der Waals surface area contributed by atoms with Crippen LogP contribution < -0.4 is 4.74 Å². The van der Waals surface area contributed by atoms with Crippen LogP contribution in [0.15, 0.2) is 30.3 Å². The maximum Gasteiger partial charge on any atom is 0.134 e. The Morgan fingerprint density at radius 3 is 2.33 bits per heavy atom. The summed E-state index contributed by atoms with van der Waals surface area (Å²) in [5.41, 5.74) is 3.20. The van der Waals surface area contributed by atoms with Crippen molar-refractivity contribution in [3.05, 3.63) is 47.3 Å². The van der Waals surface area contributed by atoms with Crippen molar-refractivity contribution in [3.63, 3.8) is 0 Å². The number of benzene rings is 2. The number of ether oxygens (including phenoxy) is 1. The Kier molecular flexibility index (Phi) is 3.24. The van der Waals surface area contributed by atoms with Crippen LogP contribution in [-0.2, 0) is 0 Å². The Morgan fingerprint density at radius 1 is 1.06 bits per heavy atom. The summed E-state index contributed by atoms with van der Waals surface area (Å²) in [7, 11) is 1.57. The summed E-state index contributed by atoms with van der Waals surface area (Å²) in [6, 6.07) is 7.88. The highest BCUT2D eigenvalue weighted by Crippen LogP contribution is 2.36. The molecule has 0 heterocycles. The molecule has 2 nitrogen and oxygen atoms in total. The molecule has 0 aliphatic rings. The minimum atomic E-state index is -0.462. The zero-order chi connectivity index (χ0) is 13.3. The van der Waals surface area contributed by atoms with E-state index in [4.69, 9.17) is 4.74 Å². The van der Waals surface area contributed by atoms with Gasteiger partial charge in [0.15, 0.2) is 0 Å². The number of rotatable bonds is 2. The van der Waals surface area contributed by atoms with E-state index in [0.717, 1.165) is 17.2 Å². The van der Waals surface area contributed by atoms with E-state index in [-0.39, 0.29) is 5.75 Å². The second kappa shape index (κ2) is 4.69. The van der Waals surface area contributed by atoms with Gasteiger partial charge in [0, 0.05) is 17.2 Å². The summed E-state index contributed by atoms with van der Waals surface area (Å²) in [4.78, 5) is 0.